The number of halogens is 2. The molecule has 3 rings (SSSR count). The van der Waals surface area contributed by atoms with Gasteiger partial charge in [0.05, 0.1) is 6.61 Å². The summed E-state index contributed by atoms with van der Waals surface area (Å²) in [6.45, 7) is 3.24. The zero-order chi connectivity index (χ0) is 16.9. The number of nitrogens with zero attached hydrogens (tertiary/aromatic N) is 2. The Hall–Kier alpha value is -1.64. The summed E-state index contributed by atoms with van der Waals surface area (Å²) in [5.41, 5.74) is 0.885. The highest BCUT2D eigenvalue weighted by Gasteiger charge is 2.14. The lowest BCUT2D eigenvalue weighted by Gasteiger charge is -2.25. The first-order valence-corrected chi connectivity index (χ1v) is 9.17. The van der Waals surface area contributed by atoms with E-state index in [1.54, 1.807) is 6.07 Å². The molecular weight excluding hydrogens is 338 g/mol. The highest BCUT2D eigenvalue weighted by Crippen LogP contribution is 2.21. The van der Waals surface area contributed by atoms with Gasteiger partial charge in [0.25, 0.3) is 0 Å². The van der Waals surface area contributed by atoms with Crippen LogP contribution < -0.4 is 0 Å². The van der Waals surface area contributed by atoms with Crippen LogP contribution in [0.5, 0.6) is 0 Å². The van der Waals surface area contributed by atoms with Crippen LogP contribution in [0.3, 0.4) is 0 Å². The molecule has 1 fully saturated rings. The Labute approximate surface area is 141 Å². The van der Waals surface area contributed by atoms with Crippen molar-refractivity contribution >= 4 is 10.8 Å². The van der Waals surface area contributed by atoms with Gasteiger partial charge >= 0.3 is 0 Å². The predicted octanol–water partition coefficient (Wildman–Crippen LogP) is 2.20. The van der Waals surface area contributed by atoms with Crippen molar-refractivity contribution in [3.63, 3.8) is 0 Å². The fraction of sp³-hybridized carbons (Fsp3) is 0.438. The Balaban J connectivity index is 1.46. The molecule has 0 aliphatic carbocycles. The fourth-order valence-electron chi connectivity index (χ4n) is 2.44. The molecule has 5 nitrogen and oxygen atoms in total. The van der Waals surface area contributed by atoms with E-state index in [2.05, 4.69) is 10.1 Å². The van der Waals surface area contributed by atoms with Crippen molar-refractivity contribution < 1.29 is 22.2 Å². The normalized spacial score (nSPS) is 16.6. The maximum absolute atomic E-state index is 13.2. The van der Waals surface area contributed by atoms with E-state index < -0.39 is 22.4 Å². The first kappa shape index (κ1) is 17.2. The van der Waals surface area contributed by atoms with Crippen LogP contribution in [0, 0.1) is 11.6 Å². The Kier molecular flexibility index (Phi) is 5.70. The molecule has 130 valence electrons. The standard InChI is InChI=1S/C16H18F2N2O3S/c17-14-2-1-12(9-15(14)18)16-10-13(23-19-16)11-22-6-3-20-4-7-24(21)8-5-20/h1-2,9-10H,3-8,11H2. The van der Waals surface area contributed by atoms with Gasteiger partial charge in [-0.2, -0.15) is 0 Å². The number of aromatic nitrogens is 1. The van der Waals surface area contributed by atoms with Crippen LogP contribution in [-0.4, -0.2) is 52.0 Å². The zero-order valence-electron chi connectivity index (χ0n) is 13.0. The van der Waals surface area contributed by atoms with Crippen LogP contribution >= 0.6 is 0 Å². The first-order valence-electron chi connectivity index (χ1n) is 7.68. The van der Waals surface area contributed by atoms with E-state index in [4.69, 9.17) is 9.26 Å². The zero-order valence-corrected chi connectivity index (χ0v) is 13.9. The molecule has 0 unspecified atom stereocenters. The van der Waals surface area contributed by atoms with Gasteiger partial charge in [0.2, 0.25) is 0 Å². The number of ether oxygens (including phenoxy) is 1. The topological polar surface area (TPSA) is 55.6 Å². The smallest absolute Gasteiger partial charge is 0.163 e. The molecule has 0 atom stereocenters. The molecule has 0 saturated carbocycles. The first-order chi connectivity index (χ1) is 11.6. The van der Waals surface area contributed by atoms with E-state index in [1.807, 2.05) is 0 Å². The van der Waals surface area contributed by atoms with E-state index in [0.29, 0.717) is 23.6 Å². The van der Waals surface area contributed by atoms with Crippen LogP contribution in [0.4, 0.5) is 8.78 Å². The quantitative estimate of drug-likeness (QED) is 0.743. The molecule has 0 spiro atoms. The lowest BCUT2D eigenvalue weighted by atomic mass is 10.1. The van der Waals surface area contributed by atoms with Crippen molar-refractivity contribution in [1.82, 2.24) is 10.1 Å². The predicted molar refractivity (Wildman–Crippen MR) is 85.8 cm³/mol. The van der Waals surface area contributed by atoms with Gasteiger partial charge in [-0.3, -0.25) is 9.11 Å². The molecule has 0 radical (unpaired) electrons. The van der Waals surface area contributed by atoms with Crippen molar-refractivity contribution in [3.8, 4) is 11.3 Å². The van der Waals surface area contributed by atoms with Crippen LogP contribution in [0.2, 0.25) is 0 Å². The maximum Gasteiger partial charge on any atom is 0.163 e. The molecule has 1 aliphatic heterocycles. The van der Waals surface area contributed by atoms with Gasteiger partial charge in [0.1, 0.15) is 12.3 Å². The van der Waals surface area contributed by atoms with Crippen LogP contribution in [0.15, 0.2) is 28.8 Å². The lowest BCUT2D eigenvalue weighted by Crippen LogP contribution is -2.39. The van der Waals surface area contributed by atoms with Gasteiger partial charge in [0, 0.05) is 53.6 Å². The molecule has 1 aromatic heterocycles. The fourth-order valence-corrected chi connectivity index (χ4v) is 3.57. The van der Waals surface area contributed by atoms with Crippen LogP contribution in [-0.2, 0) is 22.1 Å². The van der Waals surface area contributed by atoms with Crippen molar-refractivity contribution in [2.75, 3.05) is 37.7 Å². The third-order valence-corrected chi connectivity index (χ3v) is 5.12. The van der Waals surface area contributed by atoms with Gasteiger partial charge in [0.15, 0.2) is 17.4 Å². The molecule has 2 aromatic rings. The molecule has 24 heavy (non-hydrogen) atoms. The largest absolute Gasteiger partial charge is 0.372 e. The highest BCUT2D eigenvalue weighted by atomic mass is 32.2. The number of benzene rings is 1. The van der Waals surface area contributed by atoms with E-state index in [1.165, 1.54) is 6.07 Å². The number of hydrogen-bond donors (Lipinski definition) is 0. The van der Waals surface area contributed by atoms with Crippen molar-refractivity contribution in [1.29, 1.82) is 0 Å². The van der Waals surface area contributed by atoms with Crippen molar-refractivity contribution in [2.45, 2.75) is 6.61 Å². The van der Waals surface area contributed by atoms with Gasteiger partial charge in [-0.1, -0.05) is 5.16 Å². The molecule has 1 saturated heterocycles. The summed E-state index contributed by atoms with van der Waals surface area (Å²) in [6.07, 6.45) is 0. The van der Waals surface area contributed by atoms with E-state index >= 15 is 0 Å². The van der Waals surface area contributed by atoms with E-state index in [9.17, 15) is 13.0 Å². The Bertz CT molecular complexity index is 713. The summed E-state index contributed by atoms with van der Waals surface area (Å²) in [7, 11) is -0.673. The summed E-state index contributed by atoms with van der Waals surface area (Å²) >= 11 is 0. The molecule has 1 aliphatic rings. The van der Waals surface area contributed by atoms with Crippen LogP contribution in [0.25, 0.3) is 11.3 Å². The lowest BCUT2D eigenvalue weighted by molar-refractivity contribution is 0.0805. The minimum Gasteiger partial charge on any atom is -0.372 e. The minimum absolute atomic E-state index is 0.260. The minimum atomic E-state index is -0.921. The summed E-state index contributed by atoms with van der Waals surface area (Å²) in [6, 6.07) is 5.23. The molecule has 0 bridgehead atoms. The van der Waals surface area contributed by atoms with E-state index in [-0.39, 0.29) is 6.61 Å². The van der Waals surface area contributed by atoms with Gasteiger partial charge in [-0.05, 0) is 18.2 Å². The Morgan fingerprint density at radius 2 is 2.00 bits per heavy atom. The molecule has 2 heterocycles. The summed E-state index contributed by atoms with van der Waals surface area (Å²) in [5, 5.41) is 3.85. The summed E-state index contributed by atoms with van der Waals surface area (Å²) in [4.78, 5) is 2.22. The second kappa shape index (κ2) is 7.96. The molecule has 0 N–H and O–H groups in total. The third-order valence-electron chi connectivity index (χ3n) is 3.84. The van der Waals surface area contributed by atoms with Gasteiger partial charge < -0.3 is 9.26 Å². The van der Waals surface area contributed by atoms with Crippen LogP contribution in [0.1, 0.15) is 5.76 Å². The molecule has 0 amide bonds. The van der Waals surface area contributed by atoms with E-state index in [0.717, 1.165) is 43.3 Å². The third kappa shape index (κ3) is 4.46. The monoisotopic (exact) mass is 356 g/mol. The number of rotatable bonds is 6. The van der Waals surface area contributed by atoms with Gasteiger partial charge in [-0.15, -0.1) is 0 Å². The second-order valence-corrected chi connectivity index (χ2v) is 7.25. The summed E-state index contributed by atoms with van der Waals surface area (Å²) < 4.78 is 48.2. The average Bonchev–Trinajstić information content (AvgIpc) is 3.05. The molecule has 8 heteroatoms. The van der Waals surface area contributed by atoms with Gasteiger partial charge in [-0.25, -0.2) is 8.78 Å². The van der Waals surface area contributed by atoms with Crippen molar-refractivity contribution in [2.24, 2.45) is 0 Å². The SMILES string of the molecule is O=S1CCN(CCOCc2cc(-c3ccc(F)c(F)c3)no2)CC1. The second-order valence-electron chi connectivity index (χ2n) is 5.55. The molecule has 1 aromatic carbocycles. The number of hydrogen-bond acceptors (Lipinski definition) is 5. The highest BCUT2D eigenvalue weighted by molar-refractivity contribution is 7.85. The molecular formula is C16H18F2N2O3S. The maximum atomic E-state index is 13.2. The summed E-state index contributed by atoms with van der Waals surface area (Å²) in [5.74, 6) is 0.150. The Morgan fingerprint density at radius 3 is 2.75 bits per heavy atom. The average molecular weight is 356 g/mol. The van der Waals surface area contributed by atoms with Crippen molar-refractivity contribution in [3.05, 3.63) is 41.7 Å². The Morgan fingerprint density at radius 1 is 1.21 bits per heavy atom.